The van der Waals surface area contributed by atoms with E-state index in [1.54, 1.807) is 31.3 Å². The van der Waals surface area contributed by atoms with Gasteiger partial charge in [-0.15, -0.1) is 0 Å². The van der Waals surface area contributed by atoms with Gasteiger partial charge in [0.05, 0.1) is 0 Å². The highest BCUT2D eigenvalue weighted by atomic mass is 16.2. The Morgan fingerprint density at radius 1 is 1.37 bits per heavy atom. The number of hydrogen-bond donors (Lipinski definition) is 0. The van der Waals surface area contributed by atoms with Crippen molar-refractivity contribution in [3.63, 3.8) is 0 Å². The van der Waals surface area contributed by atoms with Crippen molar-refractivity contribution in [3.05, 3.63) is 30.1 Å². The first kappa shape index (κ1) is 13.4. The number of carbonyl (C=O) groups excluding carboxylic acids is 2. The van der Waals surface area contributed by atoms with E-state index in [0.29, 0.717) is 11.5 Å². The highest BCUT2D eigenvalue weighted by Gasteiger charge is 2.48. The Morgan fingerprint density at radius 2 is 2.05 bits per heavy atom. The van der Waals surface area contributed by atoms with E-state index in [9.17, 15) is 9.59 Å². The Bertz CT molecular complexity index is 551. The number of pyridine rings is 1. The second-order valence-electron chi connectivity index (χ2n) is 5.11. The molecule has 19 heavy (non-hydrogen) atoms. The summed E-state index contributed by atoms with van der Waals surface area (Å²) in [7, 11) is 0. The van der Waals surface area contributed by atoms with Crippen LogP contribution in [-0.2, 0) is 9.59 Å². The topological polar surface area (TPSA) is 62.6 Å². The van der Waals surface area contributed by atoms with Crippen molar-refractivity contribution in [2.75, 3.05) is 0 Å². The van der Waals surface area contributed by atoms with Crippen LogP contribution < -0.4 is 0 Å². The van der Waals surface area contributed by atoms with Gasteiger partial charge in [-0.3, -0.25) is 14.6 Å². The van der Waals surface area contributed by atoms with Crippen LogP contribution in [0.25, 0.3) is 0 Å². The van der Waals surface area contributed by atoms with Crippen molar-refractivity contribution >= 4 is 17.6 Å². The van der Waals surface area contributed by atoms with Gasteiger partial charge in [-0.05, 0) is 25.0 Å². The maximum atomic E-state index is 12.5. The van der Waals surface area contributed by atoms with E-state index in [1.807, 2.05) is 13.8 Å². The molecule has 0 bridgehead atoms. The number of aliphatic imine (C=N–C) groups is 1. The van der Waals surface area contributed by atoms with Crippen LogP contribution in [-0.4, -0.2) is 33.1 Å². The Morgan fingerprint density at radius 3 is 2.53 bits per heavy atom. The van der Waals surface area contributed by atoms with Crippen LogP contribution in [0.15, 0.2) is 29.4 Å². The van der Waals surface area contributed by atoms with Crippen LogP contribution in [0.1, 0.15) is 33.4 Å². The molecule has 1 atom stereocenters. The summed E-state index contributed by atoms with van der Waals surface area (Å²) in [6, 6.07) is 5.33. The molecule has 0 aliphatic carbocycles. The Hall–Kier alpha value is -2.04. The summed E-state index contributed by atoms with van der Waals surface area (Å²) in [6.45, 7) is 6.95. The molecule has 1 aliphatic heterocycles. The summed E-state index contributed by atoms with van der Waals surface area (Å²) in [5.41, 5.74) is -0.367. The van der Waals surface area contributed by atoms with Gasteiger partial charge in [0.25, 0.3) is 5.91 Å². The third-order valence-electron chi connectivity index (χ3n) is 3.52. The molecule has 1 aliphatic rings. The van der Waals surface area contributed by atoms with Gasteiger partial charge in [-0.25, -0.2) is 9.89 Å². The molecule has 5 nitrogen and oxygen atoms in total. The summed E-state index contributed by atoms with van der Waals surface area (Å²) < 4.78 is 0. The molecule has 1 unspecified atom stereocenters. The number of carbonyl (C=O) groups is 2. The molecule has 0 radical (unpaired) electrons. The van der Waals surface area contributed by atoms with Crippen LogP contribution in [0.4, 0.5) is 0 Å². The Balaban J connectivity index is 2.56. The summed E-state index contributed by atoms with van der Waals surface area (Å²) in [4.78, 5) is 34.0. The third-order valence-corrected chi connectivity index (χ3v) is 3.52. The molecule has 0 N–H and O–H groups in total. The van der Waals surface area contributed by atoms with Crippen LogP contribution in [0, 0.1) is 5.92 Å². The number of aromatic nitrogens is 1. The van der Waals surface area contributed by atoms with Gasteiger partial charge < -0.3 is 0 Å². The molecule has 0 fully saturated rings. The molecule has 0 saturated heterocycles. The molecule has 0 spiro atoms. The summed E-state index contributed by atoms with van der Waals surface area (Å²) >= 11 is 0. The lowest BCUT2D eigenvalue weighted by Gasteiger charge is -2.24. The highest BCUT2D eigenvalue weighted by molar-refractivity contribution is 6.23. The summed E-state index contributed by atoms with van der Waals surface area (Å²) in [5.74, 6) is -0.271. The number of hydrogen-bond acceptors (Lipinski definition) is 4. The van der Waals surface area contributed by atoms with Gasteiger partial charge in [0.15, 0.2) is 5.84 Å². The molecular formula is C14H17N3O2. The molecule has 5 heteroatoms. The van der Waals surface area contributed by atoms with Gasteiger partial charge in [0.1, 0.15) is 11.2 Å². The quantitative estimate of drug-likeness (QED) is 0.811. The van der Waals surface area contributed by atoms with Crippen LogP contribution in [0.5, 0.6) is 0 Å². The maximum absolute atomic E-state index is 12.5. The highest BCUT2D eigenvalue weighted by Crippen LogP contribution is 2.31. The predicted molar refractivity (Wildman–Crippen MR) is 71.5 cm³/mol. The number of nitrogens with zero attached hydrogens (tertiary/aromatic N) is 3. The monoisotopic (exact) mass is 259 g/mol. The Kier molecular flexibility index (Phi) is 3.22. The second kappa shape index (κ2) is 4.57. The van der Waals surface area contributed by atoms with Gasteiger partial charge >= 0.3 is 0 Å². The first-order chi connectivity index (χ1) is 8.88. The standard InChI is InChI=1S/C14H17N3O2/c1-9(2)14(4)13(19)17(10(3)18)12(16-14)11-7-5-6-8-15-11/h5-9H,1-4H3. The lowest BCUT2D eigenvalue weighted by Crippen LogP contribution is -2.46. The number of rotatable bonds is 2. The molecular weight excluding hydrogens is 242 g/mol. The third kappa shape index (κ3) is 2.05. The molecule has 1 aromatic rings. The lowest BCUT2D eigenvalue weighted by atomic mass is 9.89. The molecule has 2 amide bonds. The Labute approximate surface area is 112 Å². The number of amidine groups is 1. The fraction of sp³-hybridized carbons (Fsp3) is 0.429. The minimum Gasteiger partial charge on any atom is -0.274 e. The fourth-order valence-electron chi connectivity index (χ4n) is 1.98. The predicted octanol–water partition coefficient (Wildman–Crippen LogP) is 1.63. The lowest BCUT2D eigenvalue weighted by molar-refractivity contribution is -0.140. The smallest absolute Gasteiger partial charge is 0.262 e. The van der Waals surface area contributed by atoms with E-state index in [1.165, 1.54) is 6.92 Å². The van der Waals surface area contributed by atoms with E-state index < -0.39 is 5.54 Å². The molecule has 100 valence electrons. The van der Waals surface area contributed by atoms with Crippen molar-refractivity contribution < 1.29 is 9.59 Å². The molecule has 2 rings (SSSR count). The molecule has 1 aromatic heterocycles. The van der Waals surface area contributed by atoms with Crippen LogP contribution in [0.2, 0.25) is 0 Å². The first-order valence-corrected chi connectivity index (χ1v) is 6.24. The largest absolute Gasteiger partial charge is 0.274 e. The van der Waals surface area contributed by atoms with Gasteiger partial charge in [0.2, 0.25) is 5.91 Å². The van der Waals surface area contributed by atoms with Gasteiger partial charge in [-0.1, -0.05) is 19.9 Å². The molecule has 0 aromatic carbocycles. The minimum absolute atomic E-state index is 0.00284. The van der Waals surface area contributed by atoms with Crippen molar-refractivity contribution in [1.29, 1.82) is 0 Å². The average Bonchev–Trinajstić information content (AvgIpc) is 2.65. The van der Waals surface area contributed by atoms with Crippen molar-refractivity contribution in [2.24, 2.45) is 10.9 Å². The van der Waals surface area contributed by atoms with E-state index in [-0.39, 0.29) is 17.7 Å². The maximum Gasteiger partial charge on any atom is 0.262 e. The van der Waals surface area contributed by atoms with E-state index in [0.717, 1.165) is 4.90 Å². The zero-order valence-corrected chi connectivity index (χ0v) is 11.5. The minimum atomic E-state index is -0.904. The fourth-order valence-corrected chi connectivity index (χ4v) is 1.98. The molecule has 0 saturated carbocycles. The van der Waals surface area contributed by atoms with Gasteiger partial charge in [-0.2, -0.15) is 0 Å². The van der Waals surface area contributed by atoms with E-state index >= 15 is 0 Å². The van der Waals surface area contributed by atoms with Crippen molar-refractivity contribution in [3.8, 4) is 0 Å². The van der Waals surface area contributed by atoms with Gasteiger partial charge in [0, 0.05) is 13.1 Å². The summed E-state index contributed by atoms with van der Waals surface area (Å²) in [5, 5.41) is 0. The second-order valence-corrected chi connectivity index (χ2v) is 5.11. The first-order valence-electron chi connectivity index (χ1n) is 6.24. The zero-order chi connectivity index (χ0) is 14.2. The summed E-state index contributed by atoms with van der Waals surface area (Å²) in [6.07, 6.45) is 1.62. The van der Waals surface area contributed by atoms with Crippen molar-refractivity contribution in [1.82, 2.24) is 9.88 Å². The van der Waals surface area contributed by atoms with Crippen LogP contribution >= 0.6 is 0 Å². The SMILES string of the molecule is CC(=O)N1C(=O)C(C)(C(C)C)N=C1c1ccccn1. The number of imide groups is 1. The number of amides is 2. The van der Waals surface area contributed by atoms with Crippen molar-refractivity contribution in [2.45, 2.75) is 33.2 Å². The van der Waals surface area contributed by atoms with E-state index in [4.69, 9.17) is 0 Å². The zero-order valence-electron chi connectivity index (χ0n) is 11.5. The normalized spacial score (nSPS) is 22.9. The van der Waals surface area contributed by atoms with E-state index in [2.05, 4.69) is 9.98 Å². The average molecular weight is 259 g/mol. The molecule has 2 heterocycles. The van der Waals surface area contributed by atoms with Crippen LogP contribution in [0.3, 0.4) is 0 Å².